The number of morpholine rings is 1. The monoisotopic (exact) mass is 468 g/mol. The molecule has 8 nitrogen and oxygen atoms in total. The van der Waals surface area contributed by atoms with Gasteiger partial charge in [0.1, 0.15) is 5.82 Å². The van der Waals surface area contributed by atoms with Crippen molar-refractivity contribution >= 4 is 23.2 Å². The Balaban J connectivity index is 1.67. The predicted octanol–water partition coefficient (Wildman–Crippen LogP) is 3.21. The number of carbonyl (C=O) groups is 1. The molecule has 4 rings (SSSR count). The lowest BCUT2D eigenvalue weighted by Crippen LogP contribution is -2.36. The molecule has 1 fully saturated rings. The number of ether oxygens (including phenoxy) is 1. The lowest BCUT2D eigenvalue weighted by atomic mass is 10.1. The Hall–Kier alpha value is -3.36. The van der Waals surface area contributed by atoms with Crippen molar-refractivity contribution in [3.63, 3.8) is 0 Å². The Labute approximate surface area is 196 Å². The minimum Gasteiger partial charge on any atom is -0.501 e. The molecule has 3 aromatic rings. The summed E-state index contributed by atoms with van der Waals surface area (Å²) in [6.45, 7) is 4.75. The Bertz CT molecular complexity index is 1240. The highest BCUT2D eigenvalue weighted by Gasteiger charge is 2.24. The van der Waals surface area contributed by atoms with Gasteiger partial charge in [0.15, 0.2) is 5.69 Å². The predicted molar refractivity (Wildman–Crippen MR) is 127 cm³/mol. The molecule has 2 aromatic carbocycles. The number of para-hydroxylation sites is 1. The zero-order chi connectivity index (χ0) is 23.5. The summed E-state index contributed by atoms with van der Waals surface area (Å²) >= 11 is 6.19. The van der Waals surface area contributed by atoms with Crippen molar-refractivity contribution in [2.45, 2.75) is 13.5 Å². The highest BCUT2D eigenvalue weighted by molar-refractivity contribution is 6.31. The van der Waals surface area contributed by atoms with E-state index in [1.54, 1.807) is 13.1 Å². The highest BCUT2D eigenvalue weighted by atomic mass is 35.5. The molecule has 0 aliphatic carbocycles. The molecule has 0 radical (unpaired) electrons. The maximum Gasteiger partial charge on any atom is 0.294 e. The number of carbonyl (C=O) groups excluding carboxylic acids is 1. The molecule has 9 heteroatoms. The highest BCUT2D eigenvalue weighted by Crippen LogP contribution is 2.29. The molecule has 0 unspecified atom stereocenters. The molecular weight excluding hydrogens is 444 g/mol. The topological polar surface area (TPSA) is 98.8 Å². The number of nitrogens with zero attached hydrogens (tertiary/aromatic N) is 3. The Kier molecular flexibility index (Phi) is 6.67. The summed E-state index contributed by atoms with van der Waals surface area (Å²) in [4.78, 5) is 36.2. The first kappa shape index (κ1) is 22.8. The standard InChI is InChI=1S/C24H25ClN4O4/c1-15-7-8-16(13-18(15)25)14-28(2)24(32)20-21(30)23(31)27-22(26-20)17-5-3-4-6-19(17)29-9-11-33-12-10-29/h3-8,13,30H,9-12,14H2,1-2H3,(H,26,27,31). The van der Waals surface area contributed by atoms with Gasteiger partial charge in [0.05, 0.1) is 13.2 Å². The van der Waals surface area contributed by atoms with E-state index in [2.05, 4.69) is 14.9 Å². The van der Waals surface area contributed by atoms with Crippen LogP contribution in [-0.2, 0) is 11.3 Å². The first-order valence-corrected chi connectivity index (χ1v) is 11.0. The van der Waals surface area contributed by atoms with Crippen LogP contribution in [0.3, 0.4) is 0 Å². The van der Waals surface area contributed by atoms with Crippen molar-refractivity contribution in [2.24, 2.45) is 0 Å². The molecule has 1 aromatic heterocycles. The van der Waals surface area contributed by atoms with Gasteiger partial charge in [-0.05, 0) is 36.2 Å². The summed E-state index contributed by atoms with van der Waals surface area (Å²) in [6.07, 6.45) is 0. The van der Waals surface area contributed by atoms with E-state index < -0.39 is 17.2 Å². The maximum absolute atomic E-state index is 13.1. The summed E-state index contributed by atoms with van der Waals surface area (Å²) < 4.78 is 5.43. The van der Waals surface area contributed by atoms with Gasteiger partial charge < -0.3 is 24.6 Å². The van der Waals surface area contributed by atoms with Gasteiger partial charge in [-0.1, -0.05) is 35.9 Å². The van der Waals surface area contributed by atoms with Gasteiger partial charge in [0.2, 0.25) is 5.75 Å². The van der Waals surface area contributed by atoms with Gasteiger partial charge in [-0.15, -0.1) is 0 Å². The minimum absolute atomic E-state index is 0.218. The molecule has 1 aliphatic heterocycles. The second-order valence-corrected chi connectivity index (χ2v) is 8.38. The smallest absolute Gasteiger partial charge is 0.294 e. The van der Waals surface area contributed by atoms with E-state index in [4.69, 9.17) is 16.3 Å². The summed E-state index contributed by atoms with van der Waals surface area (Å²) in [6, 6.07) is 13.0. The second kappa shape index (κ2) is 9.64. The Morgan fingerprint density at radius 1 is 1.24 bits per heavy atom. The molecule has 1 amide bonds. The molecule has 0 spiro atoms. The van der Waals surface area contributed by atoms with Crippen LogP contribution in [0.4, 0.5) is 5.69 Å². The van der Waals surface area contributed by atoms with E-state index >= 15 is 0 Å². The van der Waals surface area contributed by atoms with Gasteiger partial charge in [0, 0.05) is 43.0 Å². The fraction of sp³-hybridized carbons (Fsp3) is 0.292. The largest absolute Gasteiger partial charge is 0.501 e. The number of benzene rings is 2. The number of aromatic nitrogens is 2. The van der Waals surface area contributed by atoms with Gasteiger partial charge >= 0.3 is 0 Å². The maximum atomic E-state index is 13.1. The van der Waals surface area contributed by atoms with E-state index in [1.165, 1.54) is 4.90 Å². The van der Waals surface area contributed by atoms with Crippen molar-refractivity contribution in [3.8, 4) is 17.1 Å². The third kappa shape index (κ3) is 4.86. The number of anilines is 1. The molecule has 33 heavy (non-hydrogen) atoms. The Morgan fingerprint density at radius 2 is 1.97 bits per heavy atom. The normalized spacial score (nSPS) is 13.7. The number of hydrogen-bond acceptors (Lipinski definition) is 6. The van der Waals surface area contributed by atoms with Crippen LogP contribution in [0.5, 0.6) is 5.75 Å². The lowest BCUT2D eigenvalue weighted by molar-refractivity contribution is 0.0775. The Morgan fingerprint density at radius 3 is 2.70 bits per heavy atom. The number of H-pyrrole nitrogens is 1. The second-order valence-electron chi connectivity index (χ2n) is 7.97. The molecule has 0 bridgehead atoms. The average Bonchev–Trinajstić information content (AvgIpc) is 2.83. The van der Waals surface area contributed by atoms with Gasteiger partial charge in [0.25, 0.3) is 11.5 Å². The van der Waals surface area contributed by atoms with Crippen molar-refractivity contribution < 1.29 is 14.6 Å². The average molecular weight is 469 g/mol. The first-order chi connectivity index (χ1) is 15.8. The zero-order valence-corrected chi connectivity index (χ0v) is 19.2. The van der Waals surface area contributed by atoms with E-state index in [0.29, 0.717) is 36.9 Å². The first-order valence-electron chi connectivity index (χ1n) is 10.6. The number of aromatic amines is 1. The van der Waals surface area contributed by atoms with Crippen LogP contribution in [0.1, 0.15) is 21.6 Å². The minimum atomic E-state index is -0.771. The molecule has 2 N–H and O–H groups in total. The molecular formula is C24H25ClN4O4. The quantitative estimate of drug-likeness (QED) is 0.596. The van der Waals surface area contributed by atoms with Crippen LogP contribution in [0, 0.1) is 6.92 Å². The number of aryl methyl sites for hydroxylation is 1. The number of halogens is 1. The fourth-order valence-electron chi connectivity index (χ4n) is 3.76. The SMILES string of the molecule is Cc1ccc(CN(C)C(=O)c2nc(-c3ccccc3N3CCOCC3)[nH]c(=O)c2O)cc1Cl. The van der Waals surface area contributed by atoms with E-state index in [-0.39, 0.29) is 18.1 Å². The van der Waals surface area contributed by atoms with Gasteiger partial charge in [-0.25, -0.2) is 4.98 Å². The molecule has 172 valence electrons. The van der Waals surface area contributed by atoms with Crippen LogP contribution >= 0.6 is 11.6 Å². The van der Waals surface area contributed by atoms with Crippen molar-refractivity contribution in [3.05, 3.63) is 74.7 Å². The number of hydrogen-bond donors (Lipinski definition) is 2. The van der Waals surface area contributed by atoms with Crippen LogP contribution in [0.2, 0.25) is 5.02 Å². The van der Waals surface area contributed by atoms with Crippen molar-refractivity contribution in [1.82, 2.24) is 14.9 Å². The summed E-state index contributed by atoms with van der Waals surface area (Å²) in [5, 5.41) is 11.0. The van der Waals surface area contributed by atoms with E-state index in [1.807, 2.05) is 43.3 Å². The molecule has 2 heterocycles. The van der Waals surface area contributed by atoms with E-state index in [0.717, 1.165) is 16.8 Å². The van der Waals surface area contributed by atoms with E-state index in [9.17, 15) is 14.7 Å². The van der Waals surface area contributed by atoms with Crippen molar-refractivity contribution in [2.75, 3.05) is 38.3 Å². The number of aromatic hydroxyl groups is 1. The van der Waals surface area contributed by atoms with Gasteiger partial charge in [-0.3, -0.25) is 9.59 Å². The van der Waals surface area contributed by atoms with Crippen LogP contribution in [0.25, 0.3) is 11.4 Å². The van der Waals surface area contributed by atoms with Crippen molar-refractivity contribution in [1.29, 1.82) is 0 Å². The van der Waals surface area contributed by atoms with Crippen LogP contribution in [-0.4, -0.2) is 59.2 Å². The number of rotatable bonds is 5. The fourth-order valence-corrected chi connectivity index (χ4v) is 3.96. The lowest BCUT2D eigenvalue weighted by Gasteiger charge is -2.30. The summed E-state index contributed by atoms with van der Waals surface area (Å²) in [5.74, 6) is -1.06. The molecule has 0 atom stereocenters. The van der Waals surface area contributed by atoms with Crippen LogP contribution in [0.15, 0.2) is 47.3 Å². The molecule has 0 saturated carbocycles. The van der Waals surface area contributed by atoms with Gasteiger partial charge in [-0.2, -0.15) is 0 Å². The van der Waals surface area contributed by atoms with Crippen LogP contribution < -0.4 is 10.5 Å². The third-order valence-corrected chi connectivity index (χ3v) is 6.02. The number of amides is 1. The third-order valence-electron chi connectivity index (χ3n) is 5.61. The molecule has 1 saturated heterocycles. The summed E-state index contributed by atoms with van der Waals surface area (Å²) in [7, 11) is 1.58. The summed E-state index contributed by atoms with van der Waals surface area (Å²) in [5.41, 5.74) is 2.22. The zero-order valence-electron chi connectivity index (χ0n) is 18.5. The molecule has 1 aliphatic rings. The number of nitrogens with one attached hydrogen (secondary N) is 1.